The zero-order valence-electron chi connectivity index (χ0n) is 16.1. The molecule has 3 heterocycles. The number of hydrogen-bond donors (Lipinski definition) is 3. The molecule has 0 radical (unpaired) electrons. The van der Waals surface area contributed by atoms with Crippen molar-refractivity contribution in [2.24, 2.45) is 0 Å². The molecule has 1 fully saturated rings. The first-order chi connectivity index (χ1) is 13.7. The Morgan fingerprint density at radius 3 is 2.69 bits per heavy atom. The number of alkyl halides is 3. The highest BCUT2D eigenvalue weighted by atomic mass is 19.4. The molecule has 1 saturated heterocycles. The molecule has 2 aromatic heterocycles. The largest absolute Gasteiger partial charge is 0.506 e. The molecule has 0 bridgehead atoms. The average Bonchev–Trinajstić information content (AvgIpc) is 2.67. The van der Waals surface area contributed by atoms with Crippen LogP contribution in [0.1, 0.15) is 31.0 Å². The van der Waals surface area contributed by atoms with Crippen LogP contribution >= 0.6 is 0 Å². The molecular weight excluding hydrogens is 389 g/mol. The molecule has 1 aliphatic heterocycles. The van der Waals surface area contributed by atoms with Crippen LogP contribution in [0, 0.1) is 6.92 Å². The van der Waals surface area contributed by atoms with Gasteiger partial charge >= 0.3 is 6.18 Å². The Kier molecular flexibility index (Phi) is 6.18. The highest BCUT2D eigenvalue weighted by Gasteiger charge is 2.32. The van der Waals surface area contributed by atoms with E-state index in [1.807, 2.05) is 6.92 Å². The van der Waals surface area contributed by atoms with Crippen molar-refractivity contribution in [3.63, 3.8) is 0 Å². The number of piperidine rings is 1. The Morgan fingerprint density at radius 1 is 1.31 bits per heavy atom. The van der Waals surface area contributed by atoms with Crippen LogP contribution in [0.2, 0.25) is 0 Å². The molecule has 29 heavy (non-hydrogen) atoms. The van der Waals surface area contributed by atoms with Gasteiger partial charge in [-0.25, -0.2) is 9.97 Å². The fraction of sp³-hybridized carbons (Fsp3) is 0.556. The van der Waals surface area contributed by atoms with E-state index in [0.717, 1.165) is 25.9 Å². The molecule has 3 N–H and O–H groups in total. The third kappa shape index (κ3) is 4.91. The summed E-state index contributed by atoms with van der Waals surface area (Å²) in [5.74, 6) is -0.346. The zero-order valence-corrected chi connectivity index (χ0v) is 16.1. The van der Waals surface area contributed by atoms with E-state index in [4.69, 9.17) is 0 Å². The molecule has 158 valence electrons. The van der Waals surface area contributed by atoms with Gasteiger partial charge in [0.15, 0.2) is 0 Å². The lowest BCUT2D eigenvalue weighted by molar-refractivity contribution is -0.137. The quantitative estimate of drug-likeness (QED) is 0.686. The van der Waals surface area contributed by atoms with Crippen LogP contribution in [-0.4, -0.2) is 67.1 Å². The molecule has 11 heteroatoms. The van der Waals surface area contributed by atoms with E-state index in [2.05, 4.69) is 30.4 Å². The first-order valence-corrected chi connectivity index (χ1v) is 9.28. The Balaban J connectivity index is 1.75. The zero-order chi connectivity index (χ0) is 21.2. The number of rotatable bonds is 5. The molecule has 0 saturated carbocycles. The molecule has 0 aromatic carbocycles. The minimum Gasteiger partial charge on any atom is -0.506 e. The van der Waals surface area contributed by atoms with Crippen LogP contribution in [0.3, 0.4) is 0 Å². The van der Waals surface area contributed by atoms with E-state index in [1.165, 1.54) is 0 Å². The van der Waals surface area contributed by atoms with Gasteiger partial charge in [-0.1, -0.05) is 0 Å². The summed E-state index contributed by atoms with van der Waals surface area (Å²) in [5, 5.41) is 30.5. The summed E-state index contributed by atoms with van der Waals surface area (Å²) in [7, 11) is 0. The Labute approximate surface area is 165 Å². The maximum Gasteiger partial charge on any atom is 0.418 e. The van der Waals surface area contributed by atoms with E-state index < -0.39 is 17.5 Å². The van der Waals surface area contributed by atoms with Gasteiger partial charge in [0.1, 0.15) is 17.1 Å². The number of nitrogens with one attached hydrogen (secondary N) is 1. The summed E-state index contributed by atoms with van der Waals surface area (Å²) in [6, 6.07) is 0.757. The minimum atomic E-state index is -4.60. The maximum absolute atomic E-state index is 12.7. The summed E-state index contributed by atoms with van der Waals surface area (Å²) in [6.07, 6.45) is -2.08. The van der Waals surface area contributed by atoms with Crippen LogP contribution in [0.15, 0.2) is 12.3 Å². The Hall–Kier alpha value is -2.53. The van der Waals surface area contributed by atoms with Crippen molar-refractivity contribution in [3.05, 3.63) is 23.5 Å². The van der Waals surface area contributed by atoms with E-state index in [1.54, 1.807) is 6.92 Å². The van der Waals surface area contributed by atoms with Crippen molar-refractivity contribution in [2.45, 2.75) is 44.9 Å². The molecule has 2 aromatic rings. The van der Waals surface area contributed by atoms with Crippen LogP contribution in [0.4, 0.5) is 19.1 Å². The van der Waals surface area contributed by atoms with Gasteiger partial charge in [0.05, 0.1) is 17.9 Å². The first-order valence-electron chi connectivity index (χ1n) is 9.28. The smallest absolute Gasteiger partial charge is 0.418 e. The Bertz CT molecular complexity index is 864. The van der Waals surface area contributed by atoms with Crippen LogP contribution in [0.25, 0.3) is 11.4 Å². The highest BCUT2D eigenvalue weighted by Crippen LogP contribution is 2.34. The minimum absolute atomic E-state index is 0.0662. The lowest BCUT2D eigenvalue weighted by Crippen LogP contribution is -2.47. The van der Waals surface area contributed by atoms with Gasteiger partial charge in [-0.05, 0) is 39.3 Å². The van der Waals surface area contributed by atoms with E-state index in [-0.39, 0.29) is 30.1 Å². The lowest BCUT2D eigenvalue weighted by Gasteiger charge is -2.36. The normalized spacial score (nSPS) is 19.2. The second-order valence-electron chi connectivity index (χ2n) is 7.17. The average molecular weight is 412 g/mol. The molecule has 0 amide bonds. The number of nitrogens with zero attached hydrogens (tertiary/aromatic N) is 5. The molecule has 0 aliphatic carbocycles. The van der Waals surface area contributed by atoms with Gasteiger partial charge in [0.25, 0.3) is 0 Å². The molecule has 1 aliphatic rings. The van der Waals surface area contributed by atoms with E-state index >= 15 is 0 Å². The van der Waals surface area contributed by atoms with Crippen LogP contribution in [-0.2, 0) is 6.18 Å². The molecule has 0 spiro atoms. The number of likely N-dealkylation sites (tertiary alicyclic amines) is 1. The van der Waals surface area contributed by atoms with Crippen molar-refractivity contribution in [2.75, 3.05) is 25.0 Å². The maximum atomic E-state index is 12.7. The molecular formula is C18H23F3N6O2. The van der Waals surface area contributed by atoms with Crippen LogP contribution in [0.5, 0.6) is 5.75 Å². The predicted octanol–water partition coefficient (Wildman–Crippen LogP) is 2.22. The highest BCUT2D eigenvalue weighted by molar-refractivity contribution is 5.64. The summed E-state index contributed by atoms with van der Waals surface area (Å²) in [4.78, 5) is 10.2. The summed E-state index contributed by atoms with van der Waals surface area (Å²) < 4.78 is 38.2. The number of aliphatic hydroxyl groups is 1. The van der Waals surface area contributed by atoms with E-state index in [0.29, 0.717) is 23.9 Å². The predicted molar refractivity (Wildman–Crippen MR) is 99.2 cm³/mol. The number of aliphatic hydroxyl groups excluding tert-OH is 1. The van der Waals surface area contributed by atoms with Gasteiger partial charge in [0.2, 0.25) is 5.95 Å². The number of halogens is 3. The number of anilines is 1. The Morgan fingerprint density at radius 2 is 2.07 bits per heavy atom. The summed E-state index contributed by atoms with van der Waals surface area (Å²) in [5.41, 5.74) is -0.667. The van der Waals surface area contributed by atoms with Crippen molar-refractivity contribution < 1.29 is 23.4 Å². The molecule has 2 atom stereocenters. The number of pyridine rings is 1. The van der Waals surface area contributed by atoms with Gasteiger partial charge in [-0.15, -0.1) is 10.2 Å². The topological polar surface area (TPSA) is 107 Å². The SMILES string of the molecule is Cc1nc(NC2CCCN(C(C)CO)C2)nnc1-c1ncc(C(F)(F)F)cc1O. The van der Waals surface area contributed by atoms with Gasteiger partial charge in [0, 0.05) is 24.8 Å². The van der Waals surface area contributed by atoms with Gasteiger partial charge in [-0.2, -0.15) is 13.2 Å². The second-order valence-corrected chi connectivity index (χ2v) is 7.17. The number of aryl methyl sites for hydroxylation is 1. The number of aromatic nitrogens is 4. The van der Waals surface area contributed by atoms with Crippen molar-refractivity contribution in [1.29, 1.82) is 0 Å². The fourth-order valence-corrected chi connectivity index (χ4v) is 3.30. The van der Waals surface area contributed by atoms with Crippen molar-refractivity contribution in [1.82, 2.24) is 25.1 Å². The summed E-state index contributed by atoms with van der Waals surface area (Å²) in [6.45, 7) is 5.31. The number of hydrogen-bond acceptors (Lipinski definition) is 8. The third-order valence-corrected chi connectivity index (χ3v) is 4.95. The van der Waals surface area contributed by atoms with Gasteiger partial charge in [-0.3, -0.25) is 4.90 Å². The number of aromatic hydroxyl groups is 1. The molecule has 2 unspecified atom stereocenters. The lowest BCUT2D eigenvalue weighted by atomic mass is 10.0. The molecule has 8 nitrogen and oxygen atoms in total. The van der Waals surface area contributed by atoms with Crippen molar-refractivity contribution in [3.8, 4) is 17.1 Å². The monoisotopic (exact) mass is 412 g/mol. The fourth-order valence-electron chi connectivity index (χ4n) is 3.30. The van der Waals surface area contributed by atoms with Gasteiger partial charge < -0.3 is 15.5 Å². The van der Waals surface area contributed by atoms with Crippen LogP contribution < -0.4 is 5.32 Å². The third-order valence-electron chi connectivity index (χ3n) is 4.95. The first kappa shape index (κ1) is 21.2. The molecule has 3 rings (SSSR count). The van der Waals surface area contributed by atoms with Crippen molar-refractivity contribution >= 4 is 5.95 Å². The standard InChI is InChI=1S/C18H23F3N6O2/c1-10(9-28)27-5-3-4-13(8-27)24-17-23-11(2)15(25-26-17)16-14(29)6-12(7-22-16)18(19,20)21/h6-7,10,13,28-29H,3-5,8-9H2,1-2H3,(H,23,24,26). The summed E-state index contributed by atoms with van der Waals surface area (Å²) >= 11 is 0. The van der Waals surface area contributed by atoms with E-state index in [9.17, 15) is 23.4 Å². The second kappa shape index (κ2) is 8.46.